The zero-order valence-corrected chi connectivity index (χ0v) is 10.9. The summed E-state index contributed by atoms with van der Waals surface area (Å²) in [4.78, 5) is 4.74. The number of aliphatic imine (C=N–C) groups is 1. The van der Waals surface area contributed by atoms with Crippen LogP contribution in [0.2, 0.25) is 0 Å². The van der Waals surface area contributed by atoms with Crippen LogP contribution in [0, 0.1) is 17.8 Å². The summed E-state index contributed by atoms with van der Waals surface area (Å²) in [6.45, 7) is 12.3. The highest BCUT2D eigenvalue weighted by atomic mass is 14.7. The van der Waals surface area contributed by atoms with Crippen molar-refractivity contribution < 1.29 is 0 Å². The summed E-state index contributed by atoms with van der Waals surface area (Å²) in [6.07, 6.45) is 4.80. The quantitative estimate of drug-likeness (QED) is 0.661. The first-order valence-corrected chi connectivity index (χ1v) is 6.21. The van der Waals surface area contributed by atoms with E-state index in [2.05, 4.69) is 40.7 Å². The molecular formula is C14H25N. The molecule has 0 radical (unpaired) electrons. The lowest BCUT2D eigenvalue weighted by Gasteiger charge is -2.25. The van der Waals surface area contributed by atoms with Crippen LogP contribution in [0.25, 0.3) is 0 Å². The zero-order chi connectivity index (χ0) is 11.4. The molecule has 0 N–H and O–H groups in total. The average molecular weight is 207 g/mol. The van der Waals surface area contributed by atoms with Gasteiger partial charge in [0.1, 0.15) is 0 Å². The monoisotopic (exact) mass is 207 g/mol. The second kappa shape index (κ2) is 5.48. The summed E-state index contributed by atoms with van der Waals surface area (Å²) in [5, 5.41) is 0. The summed E-state index contributed by atoms with van der Waals surface area (Å²) in [5.74, 6) is 2.25. The van der Waals surface area contributed by atoms with Crippen LogP contribution in [-0.4, -0.2) is 12.3 Å². The van der Waals surface area contributed by atoms with Gasteiger partial charge in [0, 0.05) is 12.3 Å². The molecule has 0 unspecified atom stereocenters. The minimum atomic E-state index is 0.671. The first-order chi connectivity index (χ1) is 7.00. The normalized spacial score (nSPS) is 25.1. The van der Waals surface area contributed by atoms with Crippen molar-refractivity contribution in [2.45, 2.75) is 47.5 Å². The van der Waals surface area contributed by atoms with E-state index in [1.807, 2.05) is 0 Å². The van der Waals surface area contributed by atoms with E-state index in [1.165, 1.54) is 24.1 Å². The Labute approximate surface area is 94.7 Å². The number of allylic oxidation sites excluding steroid dienone is 2. The fourth-order valence-corrected chi connectivity index (χ4v) is 1.93. The van der Waals surface area contributed by atoms with Crippen molar-refractivity contribution in [3.63, 3.8) is 0 Å². The standard InChI is InChI=1S/C14H25N/c1-10(2)9-15-14-8-13(11(3)4)7-6-12(14)5/h6,10-11,13H,7-9H2,1-5H3/t13-/m1/s1. The maximum absolute atomic E-state index is 4.74. The van der Waals surface area contributed by atoms with Gasteiger partial charge in [-0.15, -0.1) is 0 Å². The van der Waals surface area contributed by atoms with Gasteiger partial charge in [0.15, 0.2) is 0 Å². The molecule has 0 aliphatic heterocycles. The van der Waals surface area contributed by atoms with Crippen LogP contribution < -0.4 is 0 Å². The highest BCUT2D eigenvalue weighted by molar-refractivity contribution is 6.00. The fraction of sp³-hybridized carbons (Fsp3) is 0.786. The van der Waals surface area contributed by atoms with Crippen LogP contribution in [-0.2, 0) is 0 Å². The zero-order valence-electron chi connectivity index (χ0n) is 10.9. The van der Waals surface area contributed by atoms with Crippen LogP contribution in [0.3, 0.4) is 0 Å². The Morgan fingerprint density at radius 2 is 2.00 bits per heavy atom. The van der Waals surface area contributed by atoms with Crippen molar-refractivity contribution >= 4 is 5.71 Å². The van der Waals surface area contributed by atoms with E-state index in [1.54, 1.807) is 0 Å². The predicted molar refractivity (Wildman–Crippen MR) is 68.5 cm³/mol. The van der Waals surface area contributed by atoms with Crippen molar-refractivity contribution in [1.29, 1.82) is 0 Å². The van der Waals surface area contributed by atoms with Gasteiger partial charge in [-0.3, -0.25) is 4.99 Å². The van der Waals surface area contributed by atoms with E-state index in [0.29, 0.717) is 5.92 Å². The Morgan fingerprint density at radius 1 is 1.33 bits per heavy atom. The van der Waals surface area contributed by atoms with Gasteiger partial charge in [0.2, 0.25) is 0 Å². The average Bonchev–Trinajstić information content (AvgIpc) is 2.16. The lowest BCUT2D eigenvalue weighted by Crippen LogP contribution is -2.19. The molecule has 1 heteroatoms. The van der Waals surface area contributed by atoms with Crippen molar-refractivity contribution in [3.05, 3.63) is 11.6 Å². The summed E-state index contributed by atoms with van der Waals surface area (Å²) in [5.41, 5.74) is 2.77. The second-order valence-corrected chi connectivity index (χ2v) is 5.51. The van der Waals surface area contributed by atoms with Crippen LogP contribution >= 0.6 is 0 Å². The first-order valence-electron chi connectivity index (χ1n) is 6.21. The lowest BCUT2D eigenvalue weighted by molar-refractivity contribution is 0.395. The first kappa shape index (κ1) is 12.5. The van der Waals surface area contributed by atoms with Gasteiger partial charge in [-0.1, -0.05) is 33.8 Å². The van der Waals surface area contributed by atoms with E-state index < -0.39 is 0 Å². The summed E-state index contributed by atoms with van der Waals surface area (Å²) in [6, 6.07) is 0. The molecule has 0 heterocycles. The van der Waals surface area contributed by atoms with Crippen molar-refractivity contribution in [1.82, 2.24) is 0 Å². The molecule has 0 bridgehead atoms. The lowest BCUT2D eigenvalue weighted by atomic mass is 9.81. The van der Waals surface area contributed by atoms with Gasteiger partial charge >= 0.3 is 0 Å². The van der Waals surface area contributed by atoms with Crippen molar-refractivity contribution in [3.8, 4) is 0 Å². The number of hydrogen-bond donors (Lipinski definition) is 0. The maximum atomic E-state index is 4.74. The molecule has 0 amide bonds. The minimum Gasteiger partial charge on any atom is -0.289 e. The molecule has 1 atom stereocenters. The largest absolute Gasteiger partial charge is 0.289 e. The molecule has 1 aliphatic carbocycles. The third-order valence-electron chi connectivity index (χ3n) is 3.23. The minimum absolute atomic E-state index is 0.671. The molecule has 0 aromatic rings. The Balaban J connectivity index is 2.67. The van der Waals surface area contributed by atoms with E-state index >= 15 is 0 Å². The smallest absolute Gasteiger partial charge is 0.0415 e. The molecule has 0 saturated heterocycles. The Hall–Kier alpha value is -0.590. The molecule has 15 heavy (non-hydrogen) atoms. The summed E-state index contributed by atoms with van der Waals surface area (Å²) < 4.78 is 0. The SMILES string of the molecule is CC1=CC[C@@H](C(C)C)CC1=NCC(C)C. The van der Waals surface area contributed by atoms with Gasteiger partial charge in [0.25, 0.3) is 0 Å². The van der Waals surface area contributed by atoms with Gasteiger partial charge in [-0.25, -0.2) is 0 Å². The molecule has 0 spiro atoms. The van der Waals surface area contributed by atoms with E-state index in [9.17, 15) is 0 Å². The number of nitrogens with zero attached hydrogens (tertiary/aromatic N) is 1. The van der Waals surface area contributed by atoms with Gasteiger partial charge in [0.05, 0.1) is 0 Å². The third kappa shape index (κ3) is 3.81. The number of rotatable bonds is 3. The topological polar surface area (TPSA) is 12.4 Å². The Kier molecular flexibility index (Phi) is 4.56. The molecule has 0 aromatic carbocycles. The third-order valence-corrected chi connectivity index (χ3v) is 3.23. The van der Waals surface area contributed by atoms with Crippen molar-refractivity contribution in [2.24, 2.45) is 22.7 Å². The molecule has 1 aliphatic rings. The molecule has 0 saturated carbocycles. The molecule has 86 valence electrons. The van der Waals surface area contributed by atoms with Crippen molar-refractivity contribution in [2.75, 3.05) is 6.54 Å². The predicted octanol–water partition coefficient (Wildman–Crippen LogP) is 4.10. The van der Waals surface area contributed by atoms with Gasteiger partial charge < -0.3 is 0 Å². The van der Waals surface area contributed by atoms with Gasteiger partial charge in [-0.2, -0.15) is 0 Å². The van der Waals surface area contributed by atoms with Gasteiger partial charge in [-0.05, 0) is 43.1 Å². The van der Waals surface area contributed by atoms with E-state index in [4.69, 9.17) is 4.99 Å². The van der Waals surface area contributed by atoms with E-state index in [-0.39, 0.29) is 0 Å². The van der Waals surface area contributed by atoms with E-state index in [0.717, 1.165) is 18.4 Å². The molecule has 0 aromatic heterocycles. The summed E-state index contributed by atoms with van der Waals surface area (Å²) in [7, 11) is 0. The van der Waals surface area contributed by atoms with Crippen LogP contribution in [0.1, 0.15) is 47.5 Å². The molecule has 1 rings (SSSR count). The summed E-state index contributed by atoms with van der Waals surface area (Å²) >= 11 is 0. The highest BCUT2D eigenvalue weighted by Gasteiger charge is 2.20. The second-order valence-electron chi connectivity index (χ2n) is 5.51. The van der Waals surface area contributed by atoms with Crippen LogP contribution in [0.5, 0.6) is 0 Å². The maximum Gasteiger partial charge on any atom is 0.0415 e. The van der Waals surface area contributed by atoms with Crippen LogP contribution in [0.15, 0.2) is 16.6 Å². The molecule has 1 nitrogen and oxygen atoms in total. The van der Waals surface area contributed by atoms with Crippen LogP contribution in [0.4, 0.5) is 0 Å². The molecular weight excluding hydrogens is 182 g/mol. The Morgan fingerprint density at radius 3 is 2.53 bits per heavy atom. The molecule has 0 fully saturated rings. The Bertz CT molecular complexity index is 259. The fourth-order valence-electron chi connectivity index (χ4n) is 1.93. The number of hydrogen-bond acceptors (Lipinski definition) is 1. The highest BCUT2D eigenvalue weighted by Crippen LogP contribution is 2.27.